The van der Waals surface area contributed by atoms with E-state index in [1.807, 2.05) is 61.5 Å². The van der Waals surface area contributed by atoms with Crippen molar-refractivity contribution in [3.8, 4) is 11.5 Å². The van der Waals surface area contributed by atoms with E-state index in [4.69, 9.17) is 4.42 Å². The zero-order valence-electron chi connectivity index (χ0n) is 18.8. The Bertz CT molecular complexity index is 1290. The summed E-state index contributed by atoms with van der Waals surface area (Å²) < 4.78 is 7.42. The molecular formula is C25H25N5O3. The van der Waals surface area contributed by atoms with Crippen LogP contribution in [0.1, 0.15) is 33.2 Å². The van der Waals surface area contributed by atoms with E-state index in [1.54, 1.807) is 24.7 Å². The highest BCUT2D eigenvalue weighted by Crippen LogP contribution is 2.29. The number of carbonyl (C=O) groups is 2. The van der Waals surface area contributed by atoms with Crippen molar-refractivity contribution in [1.29, 1.82) is 0 Å². The third-order valence-corrected chi connectivity index (χ3v) is 5.18. The molecule has 4 rings (SSSR count). The first-order valence-electron chi connectivity index (χ1n) is 10.6. The van der Waals surface area contributed by atoms with Crippen molar-refractivity contribution < 1.29 is 14.0 Å². The lowest BCUT2D eigenvalue weighted by Crippen LogP contribution is -2.25. The van der Waals surface area contributed by atoms with Crippen LogP contribution in [0.5, 0.6) is 0 Å². The Kier molecular flexibility index (Phi) is 6.35. The van der Waals surface area contributed by atoms with E-state index in [0.717, 1.165) is 11.3 Å². The van der Waals surface area contributed by atoms with Gasteiger partial charge in [0.2, 0.25) is 11.8 Å². The van der Waals surface area contributed by atoms with Gasteiger partial charge >= 0.3 is 0 Å². The first kappa shape index (κ1) is 22.0. The Balaban J connectivity index is 1.48. The molecule has 168 valence electrons. The zero-order valence-corrected chi connectivity index (χ0v) is 18.8. The van der Waals surface area contributed by atoms with Crippen LogP contribution in [0.2, 0.25) is 0 Å². The lowest BCUT2D eigenvalue weighted by Gasteiger charge is -2.09. The molecule has 0 aliphatic rings. The van der Waals surface area contributed by atoms with Crippen LogP contribution < -0.4 is 10.6 Å². The normalized spacial score (nSPS) is 10.8. The minimum Gasteiger partial charge on any atom is -0.441 e. The Morgan fingerprint density at radius 2 is 1.76 bits per heavy atom. The van der Waals surface area contributed by atoms with E-state index in [1.165, 1.54) is 0 Å². The van der Waals surface area contributed by atoms with Gasteiger partial charge in [-0.05, 0) is 37.6 Å². The summed E-state index contributed by atoms with van der Waals surface area (Å²) in [4.78, 5) is 29.6. The van der Waals surface area contributed by atoms with Gasteiger partial charge in [0, 0.05) is 7.05 Å². The van der Waals surface area contributed by atoms with Crippen LogP contribution in [0.25, 0.3) is 11.5 Å². The van der Waals surface area contributed by atoms with Crippen molar-refractivity contribution in [3.63, 3.8) is 0 Å². The molecule has 0 bridgehead atoms. The molecule has 33 heavy (non-hydrogen) atoms. The first-order valence-corrected chi connectivity index (χ1v) is 10.6. The van der Waals surface area contributed by atoms with Crippen molar-refractivity contribution in [2.45, 2.75) is 26.8 Å². The van der Waals surface area contributed by atoms with Gasteiger partial charge in [-0.2, -0.15) is 5.10 Å². The molecule has 0 spiro atoms. The molecule has 2 N–H and O–H groups in total. The maximum absolute atomic E-state index is 12.6. The average molecular weight is 444 g/mol. The molecule has 2 aromatic carbocycles. The van der Waals surface area contributed by atoms with Gasteiger partial charge in [-0.1, -0.05) is 42.5 Å². The van der Waals surface area contributed by atoms with Crippen LogP contribution in [-0.4, -0.2) is 26.6 Å². The van der Waals surface area contributed by atoms with E-state index in [0.29, 0.717) is 34.3 Å². The first-order chi connectivity index (χ1) is 15.9. The number of anilines is 1. The molecule has 0 saturated heterocycles. The molecule has 4 aromatic rings. The molecule has 0 atom stereocenters. The summed E-state index contributed by atoms with van der Waals surface area (Å²) in [7, 11) is 1.73. The monoisotopic (exact) mass is 443 g/mol. The lowest BCUT2D eigenvalue weighted by molar-refractivity contribution is -0.115. The van der Waals surface area contributed by atoms with Crippen LogP contribution in [0.15, 0.2) is 65.1 Å². The number of nitrogens with one attached hydrogen (secondary N) is 2. The fourth-order valence-corrected chi connectivity index (χ4v) is 3.54. The largest absolute Gasteiger partial charge is 0.441 e. The number of nitrogens with zero attached hydrogens (tertiary/aromatic N) is 3. The number of hydrogen-bond donors (Lipinski definition) is 2. The summed E-state index contributed by atoms with van der Waals surface area (Å²) in [5.74, 6) is 0.604. The Morgan fingerprint density at radius 1 is 1.03 bits per heavy atom. The molecule has 0 fully saturated rings. The van der Waals surface area contributed by atoms with E-state index >= 15 is 0 Å². The van der Waals surface area contributed by atoms with E-state index < -0.39 is 0 Å². The SMILES string of the molecule is Cc1cc(C(=O)NCc2nc(-c3ccccc3NC(=O)Cc3ccccc3)oc2C)n(C)n1. The van der Waals surface area contributed by atoms with Crippen LogP contribution >= 0.6 is 0 Å². The number of benzene rings is 2. The van der Waals surface area contributed by atoms with Crippen LogP contribution in [0.4, 0.5) is 5.69 Å². The second-order valence-corrected chi connectivity index (χ2v) is 7.76. The Labute approximate surface area is 191 Å². The van der Waals surface area contributed by atoms with Crippen molar-refractivity contribution in [1.82, 2.24) is 20.1 Å². The van der Waals surface area contributed by atoms with E-state index in [-0.39, 0.29) is 24.8 Å². The van der Waals surface area contributed by atoms with E-state index in [9.17, 15) is 9.59 Å². The zero-order chi connectivity index (χ0) is 23.4. The third-order valence-electron chi connectivity index (χ3n) is 5.18. The highest BCUT2D eigenvalue weighted by atomic mass is 16.4. The van der Waals surface area contributed by atoms with Gasteiger partial charge in [-0.3, -0.25) is 14.3 Å². The smallest absolute Gasteiger partial charge is 0.269 e. The Hall–Kier alpha value is -4.20. The predicted molar refractivity (Wildman–Crippen MR) is 125 cm³/mol. The molecule has 2 amide bonds. The number of oxazole rings is 1. The highest BCUT2D eigenvalue weighted by Gasteiger charge is 2.18. The number of aromatic nitrogens is 3. The van der Waals surface area contributed by atoms with Gasteiger partial charge in [0.05, 0.1) is 29.9 Å². The van der Waals surface area contributed by atoms with Crippen LogP contribution in [-0.2, 0) is 24.8 Å². The molecule has 2 heterocycles. The van der Waals surface area contributed by atoms with Gasteiger partial charge < -0.3 is 15.1 Å². The standard InChI is InChI=1S/C25H25N5O3/c1-16-13-22(30(3)29-16)24(32)26-15-21-17(2)33-25(28-21)19-11-7-8-12-20(19)27-23(31)14-18-9-5-4-6-10-18/h4-13H,14-15H2,1-3H3,(H,26,32)(H,27,31). The number of hydrogen-bond acceptors (Lipinski definition) is 5. The van der Waals surface area contributed by atoms with E-state index in [2.05, 4.69) is 20.7 Å². The Morgan fingerprint density at radius 3 is 2.48 bits per heavy atom. The molecule has 8 nitrogen and oxygen atoms in total. The molecule has 0 unspecified atom stereocenters. The van der Waals surface area contributed by atoms with Gasteiger partial charge in [0.1, 0.15) is 17.1 Å². The second-order valence-electron chi connectivity index (χ2n) is 7.76. The van der Waals surface area contributed by atoms with Gasteiger partial charge in [0.25, 0.3) is 5.91 Å². The minimum absolute atomic E-state index is 0.129. The molecule has 0 saturated carbocycles. The van der Waals surface area contributed by atoms with Gasteiger partial charge in [-0.25, -0.2) is 4.98 Å². The summed E-state index contributed by atoms with van der Waals surface area (Å²) in [5.41, 5.74) is 4.07. The second kappa shape index (κ2) is 9.52. The molecule has 0 aliphatic heterocycles. The number of aryl methyl sites for hydroxylation is 3. The quantitative estimate of drug-likeness (QED) is 0.452. The van der Waals surface area contributed by atoms with Crippen molar-refractivity contribution >= 4 is 17.5 Å². The highest BCUT2D eigenvalue weighted by molar-refractivity contribution is 5.95. The van der Waals surface area contributed by atoms with Crippen LogP contribution in [0, 0.1) is 13.8 Å². The summed E-state index contributed by atoms with van der Waals surface area (Å²) in [6.07, 6.45) is 0.268. The molecule has 8 heteroatoms. The summed E-state index contributed by atoms with van der Waals surface area (Å²) in [5, 5.41) is 10.0. The fraction of sp³-hybridized carbons (Fsp3) is 0.200. The molecule has 0 aliphatic carbocycles. The number of carbonyl (C=O) groups excluding carboxylic acids is 2. The summed E-state index contributed by atoms with van der Waals surface area (Å²) >= 11 is 0. The van der Waals surface area contributed by atoms with Crippen molar-refractivity contribution in [2.24, 2.45) is 7.05 Å². The van der Waals surface area contributed by atoms with Crippen LogP contribution in [0.3, 0.4) is 0 Å². The maximum Gasteiger partial charge on any atom is 0.269 e. The van der Waals surface area contributed by atoms with Crippen molar-refractivity contribution in [2.75, 3.05) is 5.32 Å². The minimum atomic E-state index is -0.240. The number of rotatable bonds is 7. The summed E-state index contributed by atoms with van der Waals surface area (Å²) in [6.45, 7) is 3.84. The molecule has 2 aromatic heterocycles. The lowest BCUT2D eigenvalue weighted by atomic mass is 10.1. The fourth-order valence-electron chi connectivity index (χ4n) is 3.54. The molecular weight excluding hydrogens is 418 g/mol. The topological polar surface area (TPSA) is 102 Å². The maximum atomic E-state index is 12.6. The summed E-state index contributed by atoms with van der Waals surface area (Å²) in [6, 6.07) is 18.6. The predicted octanol–water partition coefficient (Wildman–Crippen LogP) is 3.80. The average Bonchev–Trinajstić information content (AvgIpc) is 3.33. The van der Waals surface area contributed by atoms with Gasteiger partial charge in [0.15, 0.2) is 0 Å². The number of amides is 2. The number of para-hydroxylation sites is 1. The van der Waals surface area contributed by atoms with Gasteiger partial charge in [-0.15, -0.1) is 0 Å². The van der Waals surface area contributed by atoms with Crippen molar-refractivity contribution in [3.05, 3.63) is 89.1 Å². The molecule has 0 radical (unpaired) electrons. The third kappa shape index (κ3) is 5.17.